The summed E-state index contributed by atoms with van der Waals surface area (Å²) in [5.74, 6) is -1.58. The van der Waals surface area contributed by atoms with Crippen molar-refractivity contribution in [1.29, 1.82) is 0 Å². The van der Waals surface area contributed by atoms with Crippen LogP contribution in [0.2, 0.25) is 5.02 Å². The van der Waals surface area contributed by atoms with Crippen molar-refractivity contribution in [2.75, 3.05) is 31.0 Å². The van der Waals surface area contributed by atoms with Crippen molar-refractivity contribution >= 4 is 57.8 Å². The highest BCUT2D eigenvalue weighted by Gasteiger charge is 2.38. The lowest BCUT2D eigenvalue weighted by atomic mass is 10.1. The van der Waals surface area contributed by atoms with Crippen molar-refractivity contribution in [2.45, 2.75) is 19.5 Å². The second kappa shape index (κ2) is 12.6. The van der Waals surface area contributed by atoms with Crippen LogP contribution in [0.1, 0.15) is 22.3 Å². The molecule has 0 bridgehead atoms. The van der Waals surface area contributed by atoms with Crippen LogP contribution in [0.5, 0.6) is 11.5 Å². The minimum absolute atomic E-state index is 0.0109. The summed E-state index contributed by atoms with van der Waals surface area (Å²) in [5, 5.41) is 5.84. The van der Waals surface area contributed by atoms with Gasteiger partial charge in [0.1, 0.15) is 29.1 Å². The highest BCUT2D eigenvalue weighted by atomic mass is 35.5. The fourth-order valence-electron chi connectivity index (χ4n) is 4.64. The Morgan fingerprint density at radius 1 is 1.05 bits per heavy atom. The lowest BCUT2D eigenvalue weighted by molar-refractivity contribution is -0.138. The van der Waals surface area contributed by atoms with E-state index in [4.69, 9.17) is 21.1 Å². The second-order valence-corrected chi connectivity index (χ2v) is 11.0. The number of aromatic nitrogens is 1. The van der Waals surface area contributed by atoms with E-state index in [0.717, 1.165) is 10.5 Å². The van der Waals surface area contributed by atoms with E-state index in [-0.39, 0.29) is 12.1 Å². The molecule has 1 aromatic heterocycles. The van der Waals surface area contributed by atoms with Crippen LogP contribution >= 0.6 is 22.9 Å². The predicted molar refractivity (Wildman–Crippen MR) is 164 cm³/mol. The molecular formula is C31H27ClN4O6S. The van der Waals surface area contributed by atoms with Gasteiger partial charge in [0.2, 0.25) is 11.8 Å². The third kappa shape index (κ3) is 6.23. The quantitative estimate of drug-likeness (QED) is 0.247. The van der Waals surface area contributed by atoms with Gasteiger partial charge in [0.25, 0.3) is 11.7 Å². The molecule has 0 fully saturated rings. The SMILES string of the molecule is COc1ccc(NC(=O)C(C)N(Cc2nc(-c3ccc(Cl)cc3)cs2)C(=O)CN2C(=O)C(=O)c3ccccc32)c(OC)c1. The molecule has 10 nitrogen and oxygen atoms in total. The van der Waals surface area contributed by atoms with Gasteiger partial charge in [-0.1, -0.05) is 35.9 Å². The Hall–Kier alpha value is -4.74. The number of ether oxygens (including phenoxy) is 2. The van der Waals surface area contributed by atoms with Crippen molar-refractivity contribution in [3.8, 4) is 22.8 Å². The molecular weight excluding hydrogens is 592 g/mol. The number of carbonyl (C=O) groups excluding carboxylic acids is 4. The fourth-order valence-corrected chi connectivity index (χ4v) is 5.56. The largest absolute Gasteiger partial charge is 0.497 e. The lowest BCUT2D eigenvalue weighted by Crippen LogP contribution is -2.49. The number of anilines is 2. The van der Waals surface area contributed by atoms with Gasteiger partial charge in [0.15, 0.2) is 0 Å². The van der Waals surface area contributed by atoms with Crippen LogP contribution < -0.4 is 19.7 Å². The van der Waals surface area contributed by atoms with E-state index in [2.05, 4.69) is 10.3 Å². The zero-order valence-electron chi connectivity index (χ0n) is 23.5. The Kier molecular flexibility index (Phi) is 8.74. The average molecular weight is 619 g/mol. The van der Waals surface area contributed by atoms with Crippen molar-refractivity contribution in [1.82, 2.24) is 9.88 Å². The molecule has 4 aromatic rings. The number of para-hydroxylation sites is 1. The molecule has 1 atom stereocenters. The molecule has 0 spiro atoms. The molecule has 5 rings (SSSR count). The van der Waals surface area contributed by atoms with Crippen LogP contribution in [0.25, 0.3) is 11.3 Å². The number of carbonyl (C=O) groups is 4. The maximum absolute atomic E-state index is 13.8. The Labute approximate surface area is 256 Å². The molecule has 1 aliphatic rings. The van der Waals surface area contributed by atoms with Crippen molar-refractivity contribution in [3.05, 3.63) is 87.7 Å². The Morgan fingerprint density at radius 2 is 1.79 bits per heavy atom. The second-order valence-electron chi connectivity index (χ2n) is 9.62. The maximum Gasteiger partial charge on any atom is 0.299 e. The number of hydrogen-bond acceptors (Lipinski definition) is 8. The number of thiazole rings is 1. The van der Waals surface area contributed by atoms with Gasteiger partial charge in [-0.2, -0.15) is 0 Å². The molecule has 3 amide bonds. The number of nitrogens with one attached hydrogen (secondary N) is 1. The molecule has 220 valence electrons. The topological polar surface area (TPSA) is 118 Å². The third-order valence-electron chi connectivity index (χ3n) is 7.00. The molecule has 1 N–H and O–H groups in total. The summed E-state index contributed by atoms with van der Waals surface area (Å²) in [6.07, 6.45) is 0. The molecule has 0 aliphatic carbocycles. The number of ketones is 1. The van der Waals surface area contributed by atoms with Crippen LogP contribution in [0.3, 0.4) is 0 Å². The van der Waals surface area contributed by atoms with Gasteiger partial charge in [0.05, 0.1) is 43.4 Å². The fraction of sp³-hybridized carbons (Fsp3) is 0.194. The van der Waals surface area contributed by atoms with Crippen molar-refractivity contribution in [3.63, 3.8) is 0 Å². The summed E-state index contributed by atoms with van der Waals surface area (Å²) >= 11 is 7.35. The van der Waals surface area contributed by atoms with Gasteiger partial charge in [0, 0.05) is 22.0 Å². The molecule has 1 unspecified atom stereocenters. The summed E-state index contributed by atoms with van der Waals surface area (Å²) < 4.78 is 10.6. The van der Waals surface area contributed by atoms with Crippen LogP contribution in [0, 0.1) is 0 Å². The summed E-state index contributed by atoms with van der Waals surface area (Å²) in [5.41, 5.74) is 2.52. The van der Waals surface area contributed by atoms with Crippen LogP contribution in [0.4, 0.5) is 11.4 Å². The number of fused-ring (bicyclic) bond motifs is 1. The van der Waals surface area contributed by atoms with Gasteiger partial charge in [-0.05, 0) is 43.3 Å². The molecule has 0 saturated heterocycles. The number of rotatable bonds is 10. The zero-order valence-corrected chi connectivity index (χ0v) is 25.1. The maximum atomic E-state index is 13.8. The average Bonchev–Trinajstić information content (AvgIpc) is 3.59. The van der Waals surface area contributed by atoms with Crippen molar-refractivity contribution < 1.29 is 28.7 Å². The molecule has 12 heteroatoms. The van der Waals surface area contributed by atoms with Gasteiger partial charge in [-0.25, -0.2) is 4.98 Å². The van der Waals surface area contributed by atoms with Crippen LogP contribution in [-0.2, 0) is 20.9 Å². The smallest absolute Gasteiger partial charge is 0.299 e. The van der Waals surface area contributed by atoms with E-state index < -0.39 is 36.1 Å². The van der Waals surface area contributed by atoms with E-state index in [1.165, 1.54) is 30.5 Å². The van der Waals surface area contributed by atoms with Crippen LogP contribution in [-0.4, -0.2) is 60.2 Å². The van der Waals surface area contributed by atoms with Crippen molar-refractivity contribution in [2.24, 2.45) is 0 Å². The normalized spacial score (nSPS) is 13.0. The standard InChI is InChI=1S/C31H27ClN4O6S/c1-18(30(39)34-23-13-12-21(41-2)14-26(23)42-3)35(15-27-33-24(17-43-27)19-8-10-20(32)11-9-19)28(37)16-36-25-7-5-4-6-22(25)29(38)31(36)40/h4-14,17-18H,15-16H2,1-3H3,(H,34,39). The minimum Gasteiger partial charge on any atom is -0.497 e. The molecule has 43 heavy (non-hydrogen) atoms. The number of methoxy groups -OCH3 is 2. The Morgan fingerprint density at radius 3 is 2.51 bits per heavy atom. The number of amides is 3. The van der Waals surface area contributed by atoms with E-state index in [9.17, 15) is 19.2 Å². The number of hydrogen-bond donors (Lipinski definition) is 1. The molecule has 3 aromatic carbocycles. The first kappa shape index (κ1) is 29.7. The van der Waals surface area contributed by atoms with Gasteiger partial charge < -0.3 is 19.7 Å². The zero-order chi connectivity index (χ0) is 30.7. The van der Waals surface area contributed by atoms with E-state index in [0.29, 0.717) is 38.6 Å². The Balaban J connectivity index is 1.42. The van der Waals surface area contributed by atoms with E-state index in [1.54, 1.807) is 61.5 Å². The molecule has 2 heterocycles. The van der Waals surface area contributed by atoms with Crippen LogP contribution in [0.15, 0.2) is 72.1 Å². The number of benzene rings is 3. The summed E-state index contributed by atoms with van der Waals surface area (Å²) in [4.78, 5) is 59.9. The van der Waals surface area contributed by atoms with Gasteiger partial charge >= 0.3 is 0 Å². The van der Waals surface area contributed by atoms with E-state index in [1.807, 2.05) is 17.5 Å². The first-order chi connectivity index (χ1) is 20.7. The first-order valence-corrected chi connectivity index (χ1v) is 14.4. The summed E-state index contributed by atoms with van der Waals surface area (Å²) in [6, 6.07) is 17.7. The highest BCUT2D eigenvalue weighted by molar-refractivity contribution is 7.09. The number of halogens is 1. The van der Waals surface area contributed by atoms with E-state index >= 15 is 0 Å². The predicted octanol–water partition coefficient (Wildman–Crippen LogP) is 5.07. The molecule has 0 radical (unpaired) electrons. The number of nitrogens with zero attached hydrogens (tertiary/aromatic N) is 3. The highest BCUT2D eigenvalue weighted by Crippen LogP contribution is 2.31. The van der Waals surface area contributed by atoms with Gasteiger partial charge in [-0.15, -0.1) is 11.3 Å². The van der Waals surface area contributed by atoms with Gasteiger partial charge in [-0.3, -0.25) is 24.1 Å². The number of Topliss-reactive ketones (excluding diaryl/α,β-unsaturated/α-hetero) is 1. The molecule has 1 aliphatic heterocycles. The Bertz CT molecular complexity index is 1710. The molecule has 0 saturated carbocycles. The third-order valence-corrected chi connectivity index (χ3v) is 8.09. The monoisotopic (exact) mass is 618 g/mol. The minimum atomic E-state index is -0.995. The first-order valence-electron chi connectivity index (χ1n) is 13.2. The summed E-state index contributed by atoms with van der Waals surface area (Å²) in [6.45, 7) is 1.14. The lowest BCUT2D eigenvalue weighted by Gasteiger charge is -2.29. The summed E-state index contributed by atoms with van der Waals surface area (Å²) in [7, 11) is 2.99.